The van der Waals surface area contributed by atoms with Crippen LogP contribution < -0.4 is 0 Å². The van der Waals surface area contributed by atoms with Gasteiger partial charge in [-0.25, -0.2) is 4.39 Å². The quantitative estimate of drug-likeness (QED) is 0.875. The normalized spacial score (nSPS) is 10.9. The number of rotatable bonds is 3. The summed E-state index contributed by atoms with van der Waals surface area (Å²) in [5.41, 5.74) is 2.17. The summed E-state index contributed by atoms with van der Waals surface area (Å²) < 4.78 is 12.7. The molecular weight excluding hydrogens is 229 g/mol. The number of H-pyrrole nitrogens is 1. The molecule has 0 aliphatic heterocycles. The van der Waals surface area contributed by atoms with Crippen molar-refractivity contribution in [1.29, 1.82) is 0 Å². The zero-order valence-corrected chi connectivity index (χ0v) is 9.57. The number of carbonyl (C=O) groups is 1. The van der Waals surface area contributed by atoms with E-state index >= 15 is 0 Å². The number of Topliss-reactive ketones (excluding diaryl/α,β-unsaturated/α-hetero) is 1. The van der Waals surface area contributed by atoms with Gasteiger partial charge in [-0.15, -0.1) is 0 Å². The molecule has 84 valence electrons. The smallest absolute Gasteiger partial charge is 0.134 e. The van der Waals surface area contributed by atoms with Gasteiger partial charge in [0.25, 0.3) is 0 Å². The number of benzene rings is 1. The van der Waals surface area contributed by atoms with E-state index in [0.717, 1.165) is 16.5 Å². The van der Waals surface area contributed by atoms with Crippen LogP contribution in [0.5, 0.6) is 0 Å². The van der Waals surface area contributed by atoms with Crippen molar-refractivity contribution in [2.45, 2.75) is 20.0 Å². The maximum atomic E-state index is 12.7. The van der Waals surface area contributed by atoms with E-state index in [0.29, 0.717) is 17.0 Å². The molecule has 0 radical (unpaired) electrons. The molecule has 0 atom stereocenters. The van der Waals surface area contributed by atoms with Crippen LogP contribution in [0, 0.1) is 0 Å². The third-order valence-corrected chi connectivity index (χ3v) is 2.87. The number of ketones is 1. The number of hydrogen-bond acceptors (Lipinski definition) is 1. The topological polar surface area (TPSA) is 32.9 Å². The van der Waals surface area contributed by atoms with Crippen LogP contribution in [-0.2, 0) is 17.9 Å². The number of hydrogen-bond donors (Lipinski definition) is 1. The summed E-state index contributed by atoms with van der Waals surface area (Å²) in [4.78, 5) is 14.1. The van der Waals surface area contributed by atoms with Crippen LogP contribution in [0.4, 0.5) is 4.39 Å². The highest BCUT2D eigenvalue weighted by molar-refractivity contribution is 6.32. The van der Waals surface area contributed by atoms with Crippen molar-refractivity contribution in [3.8, 4) is 0 Å². The molecular formula is C12H11ClFNO. The van der Waals surface area contributed by atoms with Crippen LogP contribution in [0.2, 0.25) is 5.02 Å². The van der Waals surface area contributed by atoms with Gasteiger partial charge in [-0.2, -0.15) is 0 Å². The fourth-order valence-corrected chi connectivity index (χ4v) is 1.98. The van der Waals surface area contributed by atoms with Crippen molar-refractivity contribution in [2.24, 2.45) is 0 Å². The van der Waals surface area contributed by atoms with Crippen LogP contribution in [-0.4, -0.2) is 10.8 Å². The van der Waals surface area contributed by atoms with Gasteiger partial charge in [0.2, 0.25) is 0 Å². The number of alkyl halides is 1. The number of aromatic amines is 1. The Bertz CT molecular complexity index is 547. The molecule has 0 spiro atoms. The predicted molar refractivity (Wildman–Crippen MR) is 62.5 cm³/mol. The van der Waals surface area contributed by atoms with Crippen molar-refractivity contribution < 1.29 is 9.18 Å². The van der Waals surface area contributed by atoms with Crippen LogP contribution in [0.15, 0.2) is 18.3 Å². The summed E-state index contributed by atoms with van der Waals surface area (Å²) in [6.45, 7) is 0.935. The average molecular weight is 240 g/mol. The first-order valence-electron chi connectivity index (χ1n) is 4.95. The summed E-state index contributed by atoms with van der Waals surface area (Å²) in [5.74, 6) is 0.0812. The molecule has 1 heterocycles. The van der Waals surface area contributed by atoms with E-state index in [1.165, 1.54) is 6.92 Å². The number of nitrogens with one attached hydrogen (secondary N) is 1. The fraction of sp³-hybridized carbons (Fsp3) is 0.250. The molecule has 2 aromatic rings. The molecule has 0 amide bonds. The number of aromatic nitrogens is 1. The van der Waals surface area contributed by atoms with E-state index in [1.807, 2.05) is 0 Å². The highest BCUT2D eigenvalue weighted by Crippen LogP contribution is 2.27. The second kappa shape index (κ2) is 4.26. The lowest BCUT2D eigenvalue weighted by Gasteiger charge is -2.01. The summed E-state index contributed by atoms with van der Waals surface area (Å²) in [7, 11) is 0. The second-order valence-corrected chi connectivity index (χ2v) is 4.22. The van der Waals surface area contributed by atoms with Gasteiger partial charge in [0.1, 0.15) is 12.5 Å². The van der Waals surface area contributed by atoms with E-state index in [4.69, 9.17) is 11.6 Å². The summed E-state index contributed by atoms with van der Waals surface area (Å²) in [5, 5.41) is 1.28. The van der Waals surface area contributed by atoms with Crippen LogP contribution in [0.3, 0.4) is 0 Å². The Morgan fingerprint density at radius 3 is 2.81 bits per heavy atom. The van der Waals surface area contributed by atoms with E-state index in [1.54, 1.807) is 18.3 Å². The SMILES string of the molecule is CC(=O)Cc1c[nH]c2cc(Cl)c(CF)cc12. The minimum absolute atomic E-state index is 0.0812. The van der Waals surface area contributed by atoms with Gasteiger partial charge in [-0.1, -0.05) is 11.6 Å². The first-order chi connectivity index (χ1) is 7.61. The molecule has 1 aromatic heterocycles. The van der Waals surface area contributed by atoms with E-state index < -0.39 is 6.67 Å². The Balaban J connectivity index is 2.57. The zero-order chi connectivity index (χ0) is 11.7. The lowest BCUT2D eigenvalue weighted by molar-refractivity contribution is -0.116. The molecule has 0 saturated carbocycles. The average Bonchev–Trinajstić information content (AvgIpc) is 2.59. The lowest BCUT2D eigenvalue weighted by Crippen LogP contribution is -1.95. The lowest BCUT2D eigenvalue weighted by atomic mass is 10.1. The first kappa shape index (κ1) is 11.1. The Morgan fingerprint density at radius 1 is 1.44 bits per heavy atom. The molecule has 2 rings (SSSR count). The standard InChI is InChI=1S/C12H11ClFNO/c1-7(16)2-9-6-15-12-4-11(13)8(5-14)3-10(9)12/h3-4,6,15H,2,5H2,1H3. The summed E-state index contributed by atoms with van der Waals surface area (Å²) in [6, 6.07) is 3.39. The molecule has 0 bridgehead atoms. The fourth-order valence-electron chi connectivity index (χ4n) is 1.76. The molecule has 16 heavy (non-hydrogen) atoms. The van der Waals surface area contributed by atoms with Gasteiger partial charge in [-0.05, 0) is 24.6 Å². The molecule has 0 fully saturated rings. The molecule has 0 aliphatic carbocycles. The van der Waals surface area contributed by atoms with Crippen LogP contribution in [0.1, 0.15) is 18.1 Å². The van der Waals surface area contributed by atoms with Gasteiger partial charge in [-0.3, -0.25) is 4.79 Å². The molecule has 4 heteroatoms. The monoisotopic (exact) mass is 239 g/mol. The van der Waals surface area contributed by atoms with Crippen molar-refractivity contribution >= 4 is 28.3 Å². The minimum atomic E-state index is -0.598. The van der Waals surface area contributed by atoms with Crippen molar-refractivity contribution in [2.75, 3.05) is 0 Å². The van der Waals surface area contributed by atoms with E-state index in [2.05, 4.69) is 4.98 Å². The number of halogens is 2. The van der Waals surface area contributed by atoms with Gasteiger partial charge in [0.15, 0.2) is 0 Å². The second-order valence-electron chi connectivity index (χ2n) is 3.82. The molecule has 0 unspecified atom stereocenters. The van der Waals surface area contributed by atoms with E-state index in [9.17, 15) is 9.18 Å². The Morgan fingerprint density at radius 2 is 2.19 bits per heavy atom. The third-order valence-electron chi connectivity index (χ3n) is 2.52. The Labute approximate surface area is 97.4 Å². The predicted octanol–water partition coefficient (Wildman–Crippen LogP) is 3.42. The third kappa shape index (κ3) is 1.95. The van der Waals surface area contributed by atoms with E-state index in [-0.39, 0.29) is 5.78 Å². The van der Waals surface area contributed by atoms with Crippen molar-refractivity contribution in [3.05, 3.63) is 34.5 Å². The Kier molecular flexibility index (Phi) is 2.97. The van der Waals surface area contributed by atoms with Crippen LogP contribution >= 0.6 is 11.6 Å². The molecule has 1 N–H and O–H groups in total. The Hall–Kier alpha value is -1.35. The molecule has 0 aliphatic rings. The molecule has 1 aromatic carbocycles. The largest absolute Gasteiger partial charge is 0.361 e. The maximum Gasteiger partial charge on any atom is 0.134 e. The molecule has 2 nitrogen and oxygen atoms in total. The molecule has 0 saturated heterocycles. The number of carbonyl (C=O) groups excluding carboxylic acids is 1. The van der Waals surface area contributed by atoms with Crippen molar-refractivity contribution in [3.63, 3.8) is 0 Å². The van der Waals surface area contributed by atoms with Gasteiger partial charge in [0.05, 0.1) is 0 Å². The summed E-state index contributed by atoms with van der Waals surface area (Å²) in [6.07, 6.45) is 2.12. The summed E-state index contributed by atoms with van der Waals surface area (Å²) >= 11 is 5.89. The van der Waals surface area contributed by atoms with Gasteiger partial charge < -0.3 is 4.98 Å². The van der Waals surface area contributed by atoms with Gasteiger partial charge >= 0.3 is 0 Å². The van der Waals surface area contributed by atoms with Gasteiger partial charge in [0, 0.05) is 34.1 Å². The first-order valence-corrected chi connectivity index (χ1v) is 5.33. The minimum Gasteiger partial charge on any atom is -0.361 e. The highest BCUT2D eigenvalue weighted by atomic mass is 35.5. The highest BCUT2D eigenvalue weighted by Gasteiger charge is 2.09. The van der Waals surface area contributed by atoms with Crippen molar-refractivity contribution in [1.82, 2.24) is 4.98 Å². The number of fused-ring (bicyclic) bond motifs is 1. The van der Waals surface area contributed by atoms with Crippen LogP contribution in [0.25, 0.3) is 10.9 Å². The zero-order valence-electron chi connectivity index (χ0n) is 8.81. The maximum absolute atomic E-state index is 12.7.